The molecule has 0 aromatic heterocycles. The first-order chi connectivity index (χ1) is 19.1. The number of carbonyl (C=O) groups excluding carboxylic acids is 1. The zero-order valence-corrected chi connectivity index (χ0v) is 23.8. The molecule has 0 unspecified atom stereocenters. The van der Waals surface area contributed by atoms with Gasteiger partial charge in [0.15, 0.2) is 5.78 Å². The van der Waals surface area contributed by atoms with Crippen LogP contribution in [-0.2, 0) is 10.1 Å². The van der Waals surface area contributed by atoms with E-state index in [9.17, 15) is 17.6 Å². The van der Waals surface area contributed by atoms with E-state index in [1.165, 1.54) is 47.6 Å². The molecule has 0 spiro atoms. The number of likely N-dealkylation sites (N-methyl/N-ethyl adjacent to an activating group) is 1. The highest BCUT2D eigenvalue weighted by Gasteiger charge is 2.44. The Hall–Kier alpha value is -3.27. The summed E-state index contributed by atoms with van der Waals surface area (Å²) in [7, 11) is -1.83. The summed E-state index contributed by atoms with van der Waals surface area (Å²) < 4.78 is 42.6. The number of nitrogens with zero attached hydrogens (tertiary/aromatic N) is 3. The molecule has 3 aromatic rings. The molecule has 7 nitrogen and oxygen atoms in total. The Bertz CT molecular complexity index is 1460. The standard InChI is InChI=1S/C24H28FN3O.C7H8O3S/c1-26-14-15-28-21-11-13-27(16-20(21)19-4-2-5-22(26)24(19)28)12-3-6-23(29)17-7-9-18(25)10-8-17;1-6-2-4-7(5-3-6)11(8,9)10/h2,4-5,7-10,20-21H,3,6,11-16H2,1H3;2-5H,1H3,(H,8,9,10)/t20-,21-;/m0./s1. The highest BCUT2D eigenvalue weighted by Crippen LogP contribution is 2.50. The molecule has 9 heteroatoms. The predicted octanol–water partition coefficient (Wildman–Crippen LogP) is 5.16. The molecular weight excluding hydrogens is 529 g/mol. The summed E-state index contributed by atoms with van der Waals surface area (Å²) in [5.41, 5.74) is 5.91. The van der Waals surface area contributed by atoms with E-state index in [0.29, 0.717) is 23.9 Å². The van der Waals surface area contributed by atoms with Gasteiger partial charge < -0.3 is 14.7 Å². The summed E-state index contributed by atoms with van der Waals surface area (Å²) in [6, 6.07) is 19.3. The summed E-state index contributed by atoms with van der Waals surface area (Å²) in [6.07, 6.45) is 2.56. The Morgan fingerprint density at radius 2 is 1.73 bits per heavy atom. The van der Waals surface area contributed by atoms with Crippen molar-refractivity contribution in [1.29, 1.82) is 0 Å². The average molecular weight is 566 g/mol. The first kappa shape index (κ1) is 28.3. The van der Waals surface area contributed by atoms with Crippen LogP contribution in [0.25, 0.3) is 0 Å². The Labute approximate surface area is 236 Å². The smallest absolute Gasteiger partial charge is 0.294 e. The number of hydrogen-bond donors (Lipinski definition) is 1. The monoisotopic (exact) mass is 565 g/mol. The van der Waals surface area contributed by atoms with E-state index in [4.69, 9.17) is 4.55 Å². The van der Waals surface area contributed by atoms with Gasteiger partial charge in [-0.1, -0.05) is 29.8 Å². The minimum atomic E-state index is -4.02. The molecule has 0 bridgehead atoms. The number of piperidine rings is 1. The molecule has 0 amide bonds. The van der Waals surface area contributed by atoms with E-state index in [1.54, 1.807) is 24.3 Å². The van der Waals surface area contributed by atoms with Crippen molar-refractivity contribution in [3.05, 3.63) is 89.2 Å². The van der Waals surface area contributed by atoms with Gasteiger partial charge in [0, 0.05) is 57.2 Å². The third-order valence-electron chi connectivity index (χ3n) is 8.24. The van der Waals surface area contributed by atoms with E-state index in [2.05, 4.69) is 39.9 Å². The number of para-hydroxylation sites is 1. The van der Waals surface area contributed by atoms with Crippen molar-refractivity contribution in [2.24, 2.45) is 0 Å². The zero-order valence-electron chi connectivity index (χ0n) is 23.0. The number of aryl methyl sites for hydroxylation is 1. The Morgan fingerprint density at radius 3 is 2.42 bits per heavy atom. The van der Waals surface area contributed by atoms with Crippen LogP contribution in [-0.4, -0.2) is 69.5 Å². The molecule has 1 N–H and O–H groups in total. The molecule has 1 fully saturated rings. The van der Waals surface area contributed by atoms with E-state index < -0.39 is 10.1 Å². The summed E-state index contributed by atoms with van der Waals surface area (Å²) in [5.74, 6) is 0.377. The number of carbonyl (C=O) groups is 1. The van der Waals surface area contributed by atoms with Crippen LogP contribution in [0.2, 0.25) is 0 Å². The number of likely N-dealkylation sites (tertiary alicyclic amines) is 1. The van der Waals surface area contributed by atoms with Crippen LogP contribution >= 0.6 is 0 Å². The molecule has 0 saturated carbocycles. The predicted molar refractivity (Wildman–Crippen MR) is 156 cm³/mol. The van der Waals surface area contributed by atoms with E-state index in [-0.39, 0.29) is 16.5 Å². The summed E-state index contributed by atoms with van der Waals surface area (Å²) in [6.45, 7) is 7.18. The normalized spacial score (nSPS) is 19.9. The Balaban J connectivity index is 0.000000248. The van der Waals surface area contributed by atoms with Crippen molar-refractivity contribution < 1.29 is 22.2 Å². The quantitative estimate of drug-likeness (QED) is 0.327. The second-order valence-corrected chi connectivity index (χ2v) is 12.3. The van der Waals surface area contributed by atoms with Crippen molar-refractivity contribution in [1.82, 2.24) is 4.90 Å². The largest absolute Gasteiger partial charge is 0.371 e. The zero-order chi connectivity index (χ0) is 28.4. The van der Waals surface area contributed by atoms with Gasteiger partial charge in [0.25, 0.3) is 10.1 Å². The van der Waals surface area contributed by atoms with E-state index in [0.717, 1.165) is 44.7 Å². The lowest BCUT2D eigenvalue weighted by atomic mass is 9.89. The topological polar surface area (TPSA) is 81.2 Å². The van der Waals surface area contributed by atoms with Gasteiger partial charge in [0.1, 0.15) is 5.82 Å². The fourth-order valence-electron chi connectivity index (χ4n) is 6.13. The summed E-state index contributed by atoms with van der Waals surface area (Å²) >= 11 is 0. The van der Waals surface area contributed by atoms with Crippen LogP contribution in [0.5, 0.6) is 0 Å². The second-order valence-electron chi connectivity index (χ2n) is 10.9. The van der Waals surface area contributed by atoms with Crippen LogP contribution in [0.15, 0.2) is 71.6 Å². The highest BCUT2D eigenvalue weighted by molar-refractivity contribution is 7.85. The SMILES string of the molecule is CN1CCN2c3c(cccc31)[C@@H]1CN(CCCC(=O)c3ccc(F)cc3)CC[C@@H]12.Cc1ccc(S(=O)(=O)O)cc1. The maximum Gasteiger partial charge on any atom is 0.294 e. The van der Waals surface area contributed by atoms with Crippen LogP contribution < -0.4 is 9.80 Å². The van der Waals surface area contributed by atoms with E-state index >= 15 is 0 Å². The Kier molecular flexibility index (Phi) is 8.26. The van der Waals surface area contributed by atoms with Crippen LogP contribution in [0.4, 0.5) is 15.8 Å². The first-order valence-electron chi connectivity index (χ1n) is 13.8. The number of anilines is 2. The lowest BCUT2D eigenvalue weighted by molar-refractivity contribution is 0.0971. The van der Waals surface area contributed by atoms with Crippen LogP contribution in [0, 0.1) is 12.7 Å². The van der Waals surface area contributed by atoms with Crippen molar-refractivity contribution in [3.63, 3.8) is 0 Å². The molecular formula is C31H36FN3O4S. The highest BCUT2D eigenvalue weighted by atomic mass is 32.2. The van der Waals surface area contributed by atoms with Gasteiger partial charge in [0.2, 0.25) is 0 Å². The van der Waals surface area contributed by atoms with Gasteiger partial charge in [-0.3, -0.25) is 9.35 Å². The maximum atomic E-state index is 13.0. The second kappa shape index (κ2) is 11.7. The van der Waals surface area contributed by atoms with Crippen molar-refractivity contribution in [2.75, 3.05) is 49.6 Å². The third kappa shape index (κ3) is 6.06. The molecule has 212 valence electrons. The number of hydrogen-bond acceptors (Lipinski definition) is 6. The summed E-state index contributed by atoms with van der Waals surface area (Å²) in [4.78, 5) is 19.8. The number of fused-ring (bicyclic) bond motifs is 3. The fourth-order valence-corrected chi connectivity index (χ4v) is 6.61. The molecule has 0 radical (unpaired) electrons. The van der Waals surface area contributed by atoms with Crippen molar-refractivity contribution in [2.45, 2.75) is 43.0 Å². The molecule has 3 aliphatic heterocycles. The van der Waals surface area contributed by atoms with Gasteiger partial charge in [-0.25, -0.2) is 4.39 Å². The molecule has 1 saturated heterocycles. The Morgan fingerprint density at radius 1 is 1.00 bits per heavy atom. The maximum absolute atomic E-state index is 13.0. The molecule has 0 aliphatic carbocycles. The lowest BCUT2D eigenvalue weighted by Gasteiger charge is -2.41. The minimum absolute atomic E-state index is 0.0666. The lowest BCUT2D eigenvalue weighted by Crippen LogP contribution is -2.49. The van der Waals surface area contributed by atoms with Crippen LogP contribution in [0.1, 0.15) is 46.7 Å². The van der Waals surface area contributed by atoms with Gasteiger partial charge in [-0.05, 0) is 74.3 Å². The molecule has 3 aromatic carbocycles. The molecule has 6 rings (SSSR count). The average Bonchev–Trinajstić information content (AvgIpc) is 3.25. The van der Waals surface area contributed by atoms with Gasteiger partial charge >= 0.3 is 0 Å². The third-order valence-corrected chi connectivity index (χ3v) is 9.11. The number of benzene rings is 3. The van der Waals surface area contributed by atoms with Crippen LogP contribution in [0.3, 0.4) is 0 Å². The van der Waals surface area contributed by atoms with Gasteiger partial charge in [0.05, 0.1) is 16.3 Å². The molecule has 40 heavy (non-hydrogen) atoms. The van der Waals surface area contributed by atoms with Gasteiger partial charge in [-0.2, -0.15) is 8.42 Å². The number of ketones is 1. The first-order valence-corrected chi connectivity index (χ1v) is 15.2. The fraction of sp³-hybridized carbons (Fsp3) is 0.387. The summed E-state index contributed by atoms with van der Waals surface area (Å²) in [5, 5.41) is 0. The van der Waals surface area contributed by atoms with Crippen molar-refractivity contribution in [3.8, 4) is 0 Å². The minimum Gasteiger partial charge on any atom is -0.371 e. The number of Topliss-reactive ketones (excluding diaryl/α,β-unsaturated/α-hetero) is 1. The molecule has 3 heterocycles. The molecule has 3 aliphatic rings. The number of rotatable bonds is 6. The van der Waals surface area contributed by atoms with Gasteiger partial charge in [-0.15, -0.1) is 0 Å². The number of halogens is 1. The van der Waals surface area contributed by atoms with E-state index in [1.807, 2.05) is 6.92 Å². The van der Waals surface area contributed by atoms with Crippen molar-refractivity contribution >= 4 is 27.3 Å². The molecule has 2 atom stereocenters.